The molecule has 1 heterocycles. The Bertz CT molecular complexity index is 583. The average Bonchev–Trinajstić information content (AvgIpc) is 2.94. The third-order valence-corrected chi connectivity index (χ3v) is 3.84. The molecule has 0 saturated carbocycles. The van der Waals surface area contributed by atoms with E-state index in [4.69, 9.17) is 11.6 Å². The molecule has 1 atom stereocenters. The summed E-state index contributed by atoms with van der Waals surface area (Å²) in [6, 6.07) is 6.72. The molecule has 0 saturated heterocycles. The fourth-order valence-corrected chi connectivity index (χ4v) is 2.65. The maximum atomic E-state index is 13.2. The molecule has 0 radical (unpaired) electrons. The summed E-state index contributed by atoms with van der Waals surface area (Å²) in [5, 5.41) is 8.32. The Balaban J connectivity index is 2.24. The summed E-state index contributed by atoms with van der Waals surface area (Å²) in [5.74, 6) is -0.305. The van der Waals surface area contributed by atoms with Gasteiger partial charge >= 0.3 is 0 Å². The molecule has 0 spiro atoms. The summed E-state index contributed by atoms with van der Waals surface area (Å²) in [4.78, 5) is 0. The van der Waals surface area contributed by atoms with Gasteiger partial charge in [0.25, 0.3) is 0 Å². The van der Waals surface area contributed by atoms with Crippen molar-refractivity contribution in [3.05, 3.63) is 52.6 Å². The van der Waals surface area contributed by atoms with Crippen LogP contribution in [0.2, 0.25) is 5.02 Å². The number of halogens is 2. The zero-order valence-electron chi connectivity index (χ0n) is 12.4. The second-order valence-corrected chi connectivity index (χ2v) is 5.43. The van der Waals surface area contributed by atoms with Crippen LogP contribution >= 0.6 is 11.6 Å². The molecule has 1 aromatic carbocycles. The first-order chi connectivity index (χ1) is 10.2. The number of benzene rings is 1. The van der Waals surface area contributed by atoms with E-state index in [9.17, 15) is 4.39 Å². The minimum Gasteiger partial charge on any atom is -0.308 e. The van der Waals surface area contributed by atoms with Crippen molar-refractivity contribution in [3.63, 3.8) is 0 Å². The molecule has 3 nitrogen and oxygen atoms in total. The third-order valence-electron chi connectivity index (χ3n) is 3.49. The Kier molecular flexibility index (Phi) is 5.76. The summed E-state index contributed by atoms with van der Waals surface area (Å²) in [6.45, 7) is 5.94. The number of rotatable bonds is 7. The molecule has 21 heavy (non-hydrogen) atoms. The van der Waals surface area contributed by atoms with Crippen molar-refractivity contribution in [3.8, 4) is 0 Å². The van der Waals surface area contributed by atoms with Crippen LogP contribution in [0.5, 0.6) is 0 Å². The van der Waals surface area contributed by atoms with Crippen molar-refractivity contribution in [2.24, 2.45) is 0 Å². The molecule has 0 bridgehead atoms. The largest absolute Gasteiger partial charge is 0.308 e. The fraction of sp³-hybridized carbons (Fsp3) is 0.438. The Morgan fingerprint density at radius 2 is 2.14 bits per heavy atom. The number of hydrogen-bond donors (Lipinski definition) is 1. The highest BCUT2D eigenvalue weighted by Crippen LogP contribution is 2.24. The van der Waals surface area contributed by atoms with Crippen molar-refractivity contribution < 1.29 is 4.39 Å². The van der Waals surface area contributed by atoms with E-state index in [2.05, 4.69) is 24.3 Å². The lowest BCUT2D eigenvalue weighted by atomic mass is 10.0. The monoisotopic (exact) mass is 309 g/mol. The molecule has 1 unspecified atom stereocenters. The first-order valence-electron chi connectivity index (χ1n) is 7.34. The standard InChI is InChI=1S/C16H21ClFN3/c1-3-8-19-15(16-7-9-20-21(16)4-2)10-12-5-6-13(18)11-14(12)17/h5-7,9,11,15,19H,3-4,8,10H2,1-2H3. The molecule has 2 rings (SSSR count). The van der Waals surface area contributed by atoms with Gasteiger partial charge in [-0.1, -0.05) is 24.6 Å². The van der Waals surface area contributed by atoms with Gasteiger partial charge in [-0.05, 0) is 50.1 Å². The fourth-order valence-electron chi connectivity index (χ4n) is 2.41. The van der Waals surface area contributed by atoms with Gasteiger partial charge in [-0.2, -0.15) is 5.10 Å². The van der Waals surface area contributed by atoms with E-state index in [0.717, 1.165) is 30.8 Å². The topological polar surface area (TPSA) is 29.9 Å². The van der Waals surface area contributed by atoms with Gasteiger partial charge in [0.1, 0.15) is 5.82 Å². The van der Waals surface area contributed by atoms with Crippen LogP contribution in [0.3, 0.4) is 0 Å². The SMILES string of the molecule is CCCNC(Cc1ccc(F)cc1Cl)c1ccnn1CC. The molecular weight excluding hydrogens is 289 g/mol. The first-order valence-corrected chi connectivity index (χ1v) is 7.72. The molecule has 1 aromatic heterocycles. The van der Waals surface area contributed by atoms with Crippen molar-refractivity contribution in [2.75, 3.05) is 6.54 Å². The predicted molar refractivity (Wildman–Crippen MR) is 84.0 cm³/mol. The lowest BCUT2D eigenvalue weighted by Gasteiger charge is -2.20. The molecular formula is C16H21ClFN3. The number of nitrogens with zero attached hydrogens (tertiary/aromatic N) is 2. The van der Waals surface area contributed by atoms with Crippen LogP contribution < -0.4 is 5.32 Å². The van der Waals surface area contributed by atoms with Crippen LogP contribution in [0, 0.1) is 5.82 Å². The van der Waals surface area contributed by atoms with Crippen LogP contribution in [0.4, 0.5) is 4.39 Å². The van der Waals surface area contributed by atoms with Crippen LogP contribution in [0.25, 0.3) is 0 Å². The maximum absolute atomic E-state index is 13.2. The number of nitrogens with one attached hydrogen (secondary N) is 1. The molecule has 114 valence electrons. The van der Waals surface area contributed by atoms with Crippen molar-refractivity contribution in [1.29, 1.82) is 0 Å². The molecule has 0 aliphatic carbocycles. The van der Waals surface area contributed by atoms with Gasteiger partial charge in [0.05, 0.1) is 11.7 Å². The van der Waals surface area contributed by atoms with E-state index in [1.165, 1.54) is 12.1 Å². The minimum absolute atomic E-state index is 0.121. The summed E-state index contributed by atoms with van der Waals surface area (Å²) in [7, 11) is 0. The molecule has 0 fully saturated rings. The lowest BCUT2D eigenvalue weighted by Crippen LogP contribution is -2.26. The van der Waals surface area contributed by atoms with Crippen LogP contribution in [-0.4, -0.2) is 16.3 Å². The van der Waals surface area contributed by atoms with E-state index >= 15 is 0 Å². The first kappa shape index (κ1) is 16.0. The summed E-state index contributed by atoms with van der Waals surface area (Å²) in [5.41, 5.74) is 2.07. The Morgan fingerprint density at radius 1 is 1.33 bits per heavy atom. The van der Waals surface area contributed by atoms with E-state index < -0.39 is 0 Å². The lowest BCUT2D eigenvalue weighted by molar-refractivity contribution is 0.478. The number of aromatic nitrogens is 2. The summed E-state index contributed by atoms with van der Waals surface area (Å²) < 4.78 is 15.1. The van der Waals surface area contributed by atoms with E-state index in [0.29, 0.717) is 11.4 Å². The van der Waals surface area contributed by atoms with E-state index in [1.807, 2.05) is 16.9 Å². The Labute approximate surface area is 130 Å². The molecule has 5 heteroatoms. The normalized spacial score (nSPS) is 12.6. The van der Waals surface area contributed by atoms with E-state index in [-0.39, 0.29) is 11.9 Å². The van der Waals surface area contributed by atoms with Gasteiger partial charge in [-0.25, -0.2) is 4.39 Å². The second kappa shape index (κ2) is 7.57. The number of hydrogen-bond acceptors (Lipinski definition) is 2. The highest BCUT2D eigenvalue weighted by Gasteiger charge is 2.17. The van der Waals surface area contributed by atoms with Crippen LogP contribution in [0.1, 0.15) is 37.6 Å². The quantitative estimate of drug-likeness (QED) is 0.838. The highest BCUT2D eigenvalue weighted by molar-refractivity contribution is 6.31. The van der Waals surface area contributed by atoms with Gasteiger partial charge in [0.15, 0.2) is 0 Å². The van der Waals surface area contributed by atoms with Gasteiger partial charge in [0.2, 0.25) is 0 Å². The third kappa shape index (κ3) is 4.05. The van der Waals surface area contributed by atoms with E-state index in [1.54, 1.807) is 6.07 Å². The highest BCUT2D eigenvalue weighted by atomic mass is 35.5. The summed E-state index contributed by atoms with van der Waals surface area (Å²) in [6.07, 6.45) is 3.57. The van der Waals surface area contributed by atoms with Crippen molar-refractivity contribution >= 4 is 11.6 Å². The minimum atomic E-state index is -0.305. The zero-order chi connectivity index (χ0) is 15.2. The van der Waals surface area contributed by atoms with Gasteiger partial charge in [-0.3, -0.25) is 4.68 Å². The van der Waals surface area contributed by atoms with Gasteiger partial charge in [-0.15, -0.1) is 0 Å². The molecule has 0 aliphatic heterocycles. The Hall–Kier alpha value is -1.39. The van der Waals surface area contributed by atoms with Gasteiger partial charge < -0.3 is 5.32 Å². The molecule has 0 amide bonds. The maximum Gasteiger partial charge on any atom is 0.124 e. The molecule has 1 N–H and O–H groups in total. The van der Waals surface area contributed by atoms with Gasteiger partial charge in [0, 0.05) is 17.8 Å². The van der Waals surface area contributed by atoms with Crippen molar-refractivity contribution in [2.45, 2.75) is 39.3 Å². The number of aryl methyl sites for hydroxylation is 1. The summed E-state index contributed by atoms with van der Waals surface area (Å²) >= 11 is 6.15. The second-order valence-electron chi connectivity index (χ2n) is 5.02. The average molecular weight is 310 g/mol. The Morgan fingerprint density at radius 3 is 2.81 bits per heavy atom. The van der Waals surface area contributed by atoms with Crippen LogP contribution in [0.15, 0.2) is 30.5 Å². The molecule has 0 aliphatic rings. The predicted octanol–water partition coefficient (Wildman–Crippen LogP) is 3.98. The van der Waals surface area contributed by atoms with Crippen molar-refractivity contribution in [1.82, 2.24) is 15.1 Å². The zero-order valence-corrected chi connectivity index (χ0v) is 13.2. The smallest absolute Gasteiger partial charge is 0.124 e. The molecule has 2 aromatic rings. The van der Waals surface area contributed by atoms with Crippen LogP contribution in [-0.2, 0) is 13.0 Å².